The minimum atomic E-state index is -4.44. The second-order valence-corrected chi connectivity index (χ2v) is 4.24. The number of halogens is 3. The van der Waals surface area contributed by atoms with Gasteiger partial charge in [0.15, 0.2) is 11.6 Å². The molecule has 0 aliphatic carbocycles. The van der Waals surface area contributed by atoms with Crippen LogP contribution in [0.3, 0.4) is 0 Å². The molecule has 0 bridgehead atoms. The zero-order valence-corrected chi connectivity index (χ0v) is 9.98. The topological polar surface area (TPSA) is 64.9 Å². The van der Waals surface area contributed by atoms with Gasteiger partial charge in [0.1, 0.15) is 0 Å². The lowest BCUT2D eigenvalue weighted by molar-refractivity contribution is -0.136. The minimum Gasteiger partial charge on any atom is -0.381 e. The van der Waals surface area contributed by atoms with Gasteiger partial charge in [0.25, 0.3) is 0 Å². The quantitative estimate of drug-likeness (QED) is 0.740. The summed E-state index contributed by atoms with van der Waals surface area (Å²) in [4.78, 5) is 3.63. The second-order valence-electron chi connectivity index (χ2n) is 4.24. The first-order chi connectivity index (χ1) is 9.45. The summed E-state index contributed by atoms with van der Waals surface area (Å²) >= 11 is 0. The van der Waals surface area contributed by atoms with Crippen molar-refractivity contribution in [2.45, 2.75) is 6.18 Å². The molecule has 102 valence electrons. The van der Waals surface area contributed by atoms with Gasteiger partial charge in [0.05, 0.1) is 5.56 Å². The normalized spacial score (nSPS) is 11.9. The summed E-state index contributed by atoms with van der Waals surface area (Å²) in [5, 5.41) is 3.99. The van der Waals surface area contributed by atoms with Crippen molar-refractivity contribution < 1.29 is 17.7 Å². The van der Waals surface area contributed by atoms with E-state index in [-0.39, 0.29) is 11.2 Å². The number of alkyl halides is 3. The molecule has 0 atom stereocenters. The highest BCUT2D eigenvalue weighted by Gasteiger charge is 2.32. The minimum absolute atomic E-state index is 0.0868. The molecule has 0 spiro atoms. The van der Waals surface area contributed by atoms with Crippen molar-refractivity contribution in [3.05, 3.63) is 42.2 Å². The molecule has 2 heterocycles. The smallest absolute Gasteiger partial charge is 0.381 e. The number of hydrogen-bond donors (Lipinski definition) is 1. The highest BCUT2D eigenvalue weighted by Crippen LogP contribution is 2.35. The standard InChI is InChI=1S/C13H8F3N3O/c14-13(15,16)10-6-18-5-8-3-7(1-2-9(8)10)11-4-12(17)19-20-11/h1-6H,(H2,17,19). The highest BCUT2D eigenvalue weighted by atomic mass is 19.4. The molecule has 0 saturated carbocycles. The van der Waals surface area contributed by atoms with E-state index in [1.807, 2.05) is 0 Å². The summed E-state index contributed by atoms with van der Waals surface area (Å²) in [6, 6.07) is 5.96. The summed E-state index contributed by atoms with van der Waals surface area (Å²) in [7, 11) is 0. The van der Waals surface area contributed by atoms with Crippen LogP contribution < -0.4 is 5.73 Å². The van der Waals surface area contributed by atoms with Crippen LogP contribution in [0.5, 0.6) is 0 Å². The molecule has 2 N–H and O–H groups in total. The van der Waals surface area contributed by atoms with Gasteiger partial charge in [0, 0.05) is 29.4 Å². The third kappa shape index (κ3) is 2.07. The van der Waals surface area contributed by atoms with Crippen LogP contribution in [0.15, 0.2) is 41.2 Å². The van der Waals surface area contributed by atoms with E-state index < -0.39 is 11.7 Å². The number of aromatic nitrogens is 2. The van der Waals surface area contributed by atoms with Gasteiger partial charge < -0.3 is 10.3 Å². The van der Waals surface area contributed by atoms with Gasteiger partial charge >= 0.3 is 6.18 Å². The van der Waals surface area contributed by atoms with E-state index in [1.165, 1.54) is 24.4 Å². The van der Waals surface area contributed by atoms with E-state index in [4.69, 9.17) is 10.3 Å². The van der Waals surface area contributed by atoms with Crippen LogP contribution in [-0.4, -0.2) is 10.1 Å². The molecular formula is C13H8F3N3O. The largest absolute Gasteiger partial charge is 0.418 e. The van der Waals surface area contributed by atoms with Crippen molar-refractivity contribution >= 4 is 16.6 Å². The van der Waals surface area contributed by atoms with Gasteiger partial charge in [-0.1, -0.05) is 17.3 Å². The van der Waals surface area contributed by atoms with Crippen LogP contribution in [-0.2, 0) is 6.18 Å². The first-order valence-corrected chi connectivity index (χ1v) is 5.63. The van der Waals surface area contributed by atoms with Crippen LogP contribution in [0.2, 0.25) is 0 Å². The first kappa shape index (κ1) is 12.5. The van der Waals surface area contributed by atoms with Gasteiger partial charge in [-0.3, -0.25) is 4.98 Å². The second kappa shape index (κ2) is 4.22. The van der Waals surface area contributed by atoms with Gasteiger partial charge in [-0.2, -0.15) is 13.2 Å². The van der Waals surface area contributed by atoms with Crippen LogP contribution in [0, 0.1) is 0 Å². The number of anilines is 1. The van der Waals surface area contributed by atoms with E-state index in [9.17, 15) is 13.2 Å². The SMILES string of the molecule is Nc1cc(-c2ccc3c(C(F)(F)F)cncc3c2)on1. The molecule has 20 heavy (non-hydrogen) atoms. The van der Waals surface area contributed by atoms with Crippen molar-refractivity contribution in [3.63, 3.8) is 0 Å². The predicted molar refractivity (Wildman–Crippen MR) is 66.7 cm³/mol. The molecular weight excluding hydrogens is 271 g/mol. The maximum atomic E-state index is 12.9. The Morgan fingerprint density at radius 3 is 2.55 bits per heavy atom. The molecule has 2 aromatic heterocycles. The Labute approximate surface area is 111 Å². The maximum absolute atomic E-state index is 12.9. The Morgan fingerprint density at radius 1 is 1.10 bits per heavy atom. The summed E-state index contributed by atoms with van der Waals surface area (Å²) in [6.45, 7) is 0. The Hall–Kier alpha value is -2.57. The lowest BCUT2D eigenvalue weighted by Crippen LogP contribution is -2.06. The Balaban J connectivity index is 2.18. The van der Waals surface area contributed by atoms with E-state index in [0.29, 0.717) is 16.7 Å². The zero-order valence-electron chi connectivity index (χ0n) is 9.98. The fraction of sp³-hybridized carbons (Fsp3) is 0.0769. The molecule has 1 aromatic carbocycles. The number of hydrogen-bond acceptors (Lipinski definition) is 4. The monoisotopic (exact) mass is 279 g/mol. The van der Waals surface area contributed by atoms with Gasteiger partial charge in [0.2, 0.25) is 0 Å². The fourth-order valence-electron chi connectivity index (χ4n) is 1.98. The Bertz CT molecular complexity index is 780. The third-order valence-electron chi connectivity index (χ3n) is 2.88. The van der Waals surface area contributed by atoms with Crippen molar-refractivity contribution in [3.8, 4) is 11.3 Å². The van der Waals surface area contributed by atoms with Gasteiger partial charge in [-0.25, -0.2) is 0 Å². The molecule has 7 heteroatoms. The van der Waals surface area contributed by atoms with E-state index in [0.717, 1.165) is 6.20 Å². The van der Waals surface area contributed by atoms with E-state index in [2.05, 4.69) is 10.1 Å². The van der Waals surface area contributed by atoms with Gasteiger partial charge in [-0.15, -0.1) is 0 Å². The zero-order chi connectivity index (χ0) is 14.3. The first-order valence-electron chi connectivity index (χ1n) is 5.63. The molecule has 3 aromatic rings. The summed E-state index contributed by atoms with van der Waals surface area (Å²) in [5.74, 6) is 0.601. The molecule has 0 aliphatic heterocycles. The molecule has 0 amide bonds. The number of nitrogens with two attached hydrogens (primary N) is 1. The Morgan fingerprint density at radius 2 is 1.90 bits per heavy atom. The molecule has 0 fully saturated rings. The van der Waals surface area contributed by atoms with E-state index in [1.54, 1.807) is 6.07 Å². The van der Waals surface area contributed by atoms with Crippen molar-refractivity contribution in [1.82, 2.24) is 10.1 Å². The Kier molecular flexibility index (Phi) is 2.63. The van der Waals surface area contributed by atoms with Crippen LogP contribution >= 0.6 is 0 Å². The van der Waals surface area contributed by atoms with Crippen molar-refractivity contribution in [1.29, 1.82) is 0 Å². The molecule has 0 unspecified atom stereocenters. The predicted octanol–water partition coefficient (Wildman–Crippen LogP) is 3.49. The molecule has 4 nitrogen and oxygen atoms in total. The average molecular weight is 279 g/mol. The number of benzene rings is 1. The molecule has 0 radical (unpaired) electrons. The summed E-state index contributed by atoms with van der Waals surface area (Å²) in [6.07, 6.45) is -2.26. The number of fused-ring (bicyclic) bond motifs is 1. The van der Waals surface area contributed by atoms with Crippen molar-refractivity contribution in [2.24, 2.45) is 0 Å². The molecule has 3 rings (SSSR count). The van der Waals surface area contributed by atoms with Crippen molar-refractivity contribution in [2.75, 3.05) is 5.73 Å². The van der Waals surface area contributed by atoms with Crippen LogP contribution in [0.4, 0.5) is 19.0 Å². The van der Waals surface area contributed by atoms with Crippen LogP contribution in [0.25, 0.3) is 22.1 Å². The molecule has 0 aliphatic rings. The lowest BCUT2D eigenvalue weighted by atomic mass is 10.0. The van der Waals surface area contributed by atoms with E-state index >= 15 is 0 Å². The summed E-state index contributed by atoms with van der Waals surface area (Å²) < 4.78 is 43.6. The number of rotatable bonds is 1. The fourth-order valence-corrected chi connectivity index (χ4v) is 1.98. The molecule has 0 saturated heterocycles. The lowest BCUT2D eigenvalue weighted by Gasteiger charge is -2.09. The number of nitrogens with zero attached hydrogens (tertiary/aromatic N) is 2. The third-order valence-corrected chi connectivity index (χ3v) is 2.88. The number of nitrogen functional groups attached to an aromatic ring is 1. The van der Waals surface area contributed by atoms with Crippen LogP contribution in [0.1, 0.15) is 5.56 Å². The maximum Gasteiger partial charge on any atom is 0.418 e. The highest BCUT2D eigenvalue weighted by molar-refractivity contribution is 5.88. The number of pyridine rings is 1. The van der Waals surface area contributed by atoms with Gasteiger partial charge in [-0.05, 0) is 11.5 Å². The average Bonchev–Trinajstić information content (AvgIpc) is 2.83. The summed E-state index contributed by atoms with van der Waals surface area (Å²) in [5.41, 5.74) is 5.26.